The number of nitrogens with one attached hydrogen (secondary N) is 1. The Labute approximate surface area is 125 Å². The van der Waals surface area contributed by atoms with E-state index in [-0.39, 0.29) is 12.1 Å². The van der Waals surface area contributed by atoms with Crippen LogP contribution in [0, 0.1) is 12.3 Å². The van der Waals surface area contributed by atoms with Crippen molar-refractivity contribution in [1.29, 1.82) is 0 Å². The fourth-order valence-corrected chi connectivity index (χ4v) is 3.84. The van der Waals surface area contributed by atoms with Crippen LogP contribution >= 0.6 is 11.3 Å². The normalized spacial score (nSPS) is 31.9. The standard InChI is InChI=1S/C16H24N2OS/c1-5-16(4)14(19)18(10-15(3)8-9-15)13(17-16)12-7-6-11(2)20-12/h6-7,13,17H,5,8-10H2,1-4H3. The van der Waals surface area contributed by atoms with Crippen molar-refractivity contribution in [2.75, 3.05) is 6.54 Å². The number of hydrogen-bond acceptors (Lipinski definition) is 3. The van der Waals surface area contributed by atoms with Crippen LogP contribution in [0.2, 0.25) is 0 Å². The molecular weight excluding hydrogens is 268 g/mol. The molecule has 2 aliphatic rings. The van der Waals surface area contributed by atoms with Crippen LogP contribution in [0.4, 0.5) is 0 Å². The maximum atomic E-state index is 12.8. The minimum atomic E-state index is -0.409. The molecule has 1 aromatic rings. The highest BCUT2D eigenvalue weighted by Gasteiger charge is 2.51. The molecule has 0 aromatic carbocycles. The molecule has 110 valence electrons. The maximum absolute atomic E-state index is 12.8. The van der Waals surface area contributed by atoms with Gasteiger partial charge in [0.05, 0.1) is 5.54 Å². The highest BCUT2D eigenvalue weighted by atomic mass is 32.1. The second-order valence-corrected chi connectivity index (χ2v) is 8.24. The summed E-state index contributed by atoms with van der Waals surface area (Å²) in [6.07, 6.45) is 3.38. The first-order valence-electron chi connectivity index (χ1n) is 7.52. The van der Waals surface area contributed by atoms with Gasteiger partial charge in [0, 0.05) is 16.3 Å². The number of aryl methyl sites for hydroxylation is 1. The molecule has 1 aliphatic heterocycles. The van der Waals surface area contributed by atoms with E-state index in [0.717, 1.165) is 13.0 Å². The molecule has 0 bridgehead atoms. The summed E-state index contributed by atoms with van der Waals surface area (Å²) in [6.45, 7) is 9.42. The van der Waals surface area contributed by atoms with Crippen molar-refractivity contribution in [1.82, 2.24) is 10.2 Å². The summed E-state index contributed by atoms with van der Waals surface area (Å²) in [4.78, 5) is 17.5. The first-order valence-corrected chi connectivity index (χ1v) is 8.34. The molecule has 2 fully saturated rings. The van der Waals surface area contributed by atoms with Crippen molar-refractivity contribution in [2.45, 2.75) is 58.7 Å². The lowest BCUT2D eigenvalue weighted by atomic mass is 9.99. The Morgan fingerprint density at radius 2 is 2.10 bits per heavy atom. The molecule has 20 heavy (non-hydrogen) atoms. The van der Waals surface area contributed by atoms with Gasteiger partial charge in [-0.15, -0.1) is 11.3 Å². The van der Waals surface area contributed by atoms with Gasteiger partial charge in [-0.2, -0.15) is 0 Å². The SMILES string of the molecule is CCC1(C)NC(c2ccc(C)s2)N(CC2(C)CC2)C1=O. The van der Waals surface area contributed by atoms with Crippen molar-refractivity contribution < 1.29 is 4.79 Å². The van der Waals surface area contributed by atoms with Crippen LogP contribution in [-0.2, 0) is 4.79 Å². The minimum Gasteiger partial charge on any atom is -0.320 e. The minimum absolute atomic E-state index is 0.0589. The van der Waals surface area contributed by atoms with Crippen LogP contribution in [0.15, 0.2) is 12.1 Å². The van der Waals surface area contributed by atoms with Crippen molar-refractivity contribution in [3.8, 4) is 0 Å². The van der Waals surface area contributed by atoms with Gasteiger partial charge in [-0.05, 0) is 50.7 Å². The Kier molecular flexibility index (Phi) is 3.22. The Balaban J connectivity index is 1.91. The van der Waals surface area contributed by atoms with Gasteiger partial charge in [0.15, 0.2) is 0 Å². The smallest absolute Gasteiger partial charge is 0.244 e. The molecule has 3 rings (SSSR count). The summed E-state index contributed by atoms with van der Waals surface area (Å²) in [5, 5.41) is 3.58. The van der Waals surface area contributed by atoms with Gasteiger partial charge in [-0.1, -0.05) is 13.8 Å². The van der Waals surface area contributed by atoms with Crippen molar-refractivity contribution >= 4 is 17.2 Å². The summed E-state index contributed by atoms with van der Waals surface area (Å²) in [7, 11) is 0. The van der Waals surface area contributed by atoms with Gasteiger partial charge in [-0.3, -0.25) is 10.1 Å². The third-order valence-electron chi connectivity index (χ3n) is 4.89. The molecule has 1 aliphatic carbocycles. The number of thiophene rings is 1. The number of nitrogens with zero attached hydrogens (tertiary/aromatic N) is 1. The quantitative estimate of drug-likeness (QED) is 0.922. The number of carbonyl (C=O) groups excluding carboxylic acids is 1. The molecule has 2 heterocycles. The molecule has 0 radical (unpaired) electrons. The molecular formula is C16H24N2OS. The van der Waals surface area contributed by atoms with E-state index in [2.05, 4.69) is 43.1 Å². The second-order valence-electron chi connectivity index (χ2n) is 6.92. The lowest BCUT2D eigenvalue weighted by Crippen LogP contribution is -2.43. The van der Waals surface area contributed by atoms with Gasteiger partial charge in [-0.25, -0.2) is 0 Å². The number of carbonyl (C=O) groups is 1. The van der Waals surface area contributed by atoms with Gasteiger partial charge in [0.2, 0.25) is 5.91 Å². The second kappa shape index (κ2) is 4.57. The zero-order valence-electron chi connectivity index (χ0n) is 12.8. The first-order chi connectivity index (χ1) is 9.37. The Morgan fingerprint density at radius 1 is 1.40 bits per heavy atom. The first kappa shape index (κ1) is 14.1. The highest BCUT2D eigenvalue weighted by molar-refractivity contribution is 7.12. The van der Waals surface area contributed by atoms with Gasteiger partial charge < -0.3 is 4.90 Å². The van der Waals surface area contributed by atoms with E-state index in [0.29, 0.717) is 5.41 Å². The van der Waals surface area contributed by atoms with Crippen LogP contribution < -0.4 is 5.32 Å². The fraction of sp³-hybridized carbons (Fsp3) is 0.688. The molecule has 1 aromatic heterocycles. The van der Waals surface area contributed by atoms with Crippen LogP contribution in [0.1, 0.15) is 56.0 Å². The van der Waals surface area contributed by atoms with E-state index in [1.807, 2.05) is 6.92 Å². The fourth-order valence-electron chi connectivity index (χ4n) is 2.90. The molecule has 2 atom stereocenters. The topological polar surface area (TPSA) is 32.3 Å². The summed E-state index contributed by atoms with van der Waals surface area (Å²) < 4.78 is 0. The lowest BCUT2D eigenvalue weighted by Gasteiger charge is -2.26. The number of hydrogen-bond donors (Lipinski definition) is 1. The largest absolute Gasteiger partial charge is 0.320 e. The molecule has 3 nitrogen and oxygen atoms in total. The summed E-state index contributed by atoms with van der Waals surface area (Å²) in [5.41, 5.74) is -0.0608. The maximum Gasteiger partial charge on any atom is 0.244 e. The van der Waals surface area contributed by atoms with Crippen LogP contribution in [0.25, 0.3) is 0 Å². The van der Waals surface area contributed by atoms with E-state index in [1.165, 1.54) is 22.6 Å². The predicted octanol–water partition coefficient (Wildman–Crippen LogP) is 3.46. The summed E-state index contributed by atoms with van der Waals surface area (Å²) >= 11 is 1.79. The Morgan fingerprint density at radius 3 is 2.60 bits per heavy atom. The number of rotatable bonds is 4. The average Bonchev–Trinajstić information content (AvgIpc) is 2.89. The summed E-state index contributed by atoms with van der Waals surface area (Å²) in [6, 6.07) is 4.30. The van der Waals surface area contributed by atoms with Crippen molar-refractivity contribution in [2.24, 2.45) is 5.41 Å². The van der Waals surface area contributed by atoms with Gasteiger partial charge in [0.25, 0.3) is 0 Å². The highest BCUT2D eigenvalue weighted by Crippen LogP contribution is 2.48. The molecule has 4 heteroatoms. The van der Waals surface area contributed by atoms with Crippen LogP contribution in [0.5, 0.6) is 0 Å². The molecule has 1 saturated carbocycles. The predicted molar refractivity (Wildman–Crippen MR) is 82.7 cm³/mol. The zero-order valence-corrected chi connectivity index (χ0v) is 13.6. The van der Waals surface area contributed by atoms with E-state index >= 15 is 0 Å². The molecule has 0 spiro atoms. The lowest BCUT2D eigenvalue weighted by molar-refractivity contribution is -0.133. The van der Waals surface area contributed by atoms with Crippen LogP contribution in [0.3, 0.4) is 0 Å². The van der Waals surface area contributed by atoms with E-state index < -0.39 is 5.54 Å². The summed E-state index contributed by atoms with van der Waals surface area (Å²) in [5.74, 6) is 0.268. The zero-order chi connectivity index (χ0) is 14.5. The van der Waals surface area contributed by atoms with E-state index in [9.17, 15) is 4.79 Å². The van der Waals surface area contributed by atoms with Crippen LogP contribution in [-0.4, -0.2) is 22.9 Å². The average molecular weight is 292 g/mol. The molecule has 2 unspecified atom stereocenters. The Bertz CT molecular complexity index is 534. The third-order valence-corrected chi connectivity index (χ3v) is 5.95. The molecule has 1 saturated heterocycles. The monoisotopic (exact) mass is 292 g/mol. The number of amides is 1. The van der Waals surface area contributed by atoms with Gasteiger partial charge >= 0.3 is 0 Å². The third kappa shape index (κ3) is 2.29. The molecule has 1 amide bonds. The molecule has 1 N–H and O–H groups in total. The van der Waals surface area contributed by atoms with E-state index in [4.69, 9.17) is 0 Å². The van der Waals surface area contributed by atoms with Crippen molar-refractivity contribution in [3.63, 3.8) is 0 Å². The van der Waals surface area contributed by atoms with E-state index in [1.54, 1.807) is 11.3 Å². The van der Waals surface area contributed by atoms with Crippen molar-refractivity contribution in [3.05, 3.63) is 21.9 Å². The van der Waals surface area contributed by atoms with Gasteiger partial charge in [0.1, 0.15) is 6.17 Å². The Hall–Kier alpha value is -0.870.